The summed E-state index contributed by atoms with van der Waals surface area (Å²) in [4.78, 5) is 20.6. The lowest BCUT2D eigenvalue weighted by Crippen LogP contribution is -2.04. The Morgan fingerprint density at radius 1 is 1.33 bits per heavy atom. The molecule has 1 rings (SSSR count). The van der Waals surface area contributed by atoms with Crippen LogP contribution in [0.2, 0.25) is 0 Å². The molecule has 0 aliphatic carbocycles. The molecule has 1 aromatic carbocycles. The van der Waals surface area contributed by atoms with Gasteiger partial charge in [0.1, 0.15) is 17.9 Å². The minimum atomic E-state index is -1.46. The van der Waals surface area contributed by atoms with E-state index >= 15 is 0 Å². The van der Waals surface area contributed by atoms with E-state index in [0.29, 0.717) is 12.4 Å². The van der Waals surface area contributed by atoms with Gasteiger partial charge in [0.2, 0.25) is 0 Å². The van der Waals surface area contributed by atoms with Gasteiger partial charge in [-0.05, 0) is 18.1 Å². The van der Waals surface area contributed by atoms with E-state index in [2.05, 4.69) is 0 Å². The molecule has 0 amide bonds. The van der Waals surface area contributed by atoms with Gasteiger partial charge in [0, 0.05) is 12.5 Å². The Morgan fingerprint density at radius 2 is 2.00 bits per heavy atom. The van der Waals surface area contributed by atoms with E-state index in [4.69, 9.17) is 5.11 Å². The van der Waals surface area contributed by atoms with E-state index in [-0.39, 0.29) is 18.4 Å². The van der Waals surface area contributed by atoms with Gasteiger partial charge in [0.05, 0.1) is 5.56 Å². The molecule has 5 heteroatoms. The predicted octanol–water partition coefficient (Wildman–Crippen LogP) is 1.79. The summed E-state index contributed by atoms with van der Waals surface area (Å²) >= 11 is 0. The summed E-state index contributed by atoms with van der Waals surface area (Å²) in [6.45, 7) is 0. The second-order valence-electron chi connectivity index (χ2n) is 2.93. The number of aryl methyl sites for hydroxylation is 1. The summed E-state index contributed by atoms with van der Waals surface area (Å²) in [6.07, 6.45) is 0.723. The van der Waals surface area contributed by atoms with Crippen molar-refractivity contribution in [1.82, 2.24) is 0 Å². The van der Waals surface area contributed by atoms with E-state index in [0.717, 1.165) is 6.07 Å². The maximum Gasteiger partial charge on any atom is 0.338 e. The maximum absolute atomic E-state index is 13.1. The van der Waals surface area contributed by atoms with Crippen molar-refractivity contribution in [3.8, 4) is 0 Å². The highest BCUT2D eigenvalue weighted by Gasteiger charge is 2.14. The smallest absolute Gasteiger partial charge is 0.338 e. The van der Waals surface area contributed by atoms with Crippen LogP contribution < -0.4 is 0 Å². The Morgan fingerprint density at radius 3 is 2.53 bits per heavy atom. The first-order valence-corrected chi connectivity index (χ1v) is 4.21. The zero-order chi connectivity index (χ0) is 11.4. The van der Waals surface area contributed by atoms with Crippen molar-refractivity contribution in [1.29, 1.82) is 0 Å². The van der Waals surface area contributed by atoms with Crippen molar-refractivity contribution in [2.45, 2.75) is 12.8 Å². The van der Waals surface area contributed by atoms with Crippen molar-refractivity contribution in [3.63, 3.8) is 0 Å². The van der Waals surface area contributed by atoms with Crippen LogP contribution in [0.25, 0.3) is 0 Å². The molecule has 0 heterocycles. The molecule has 1 N–H and O–H groups in total. The summed E-state index contributed by atoms with van der Waals surface area (Å²) in [5, 5.41) is 8.57. The minimum absolute atomic E-state index is 0.0286. The summed E-state index contributed by atoms with van der Waals surface area (Å²) < 4.78 is 26.0. The van der Waals surface area contributed by atoms with Gasteiger partial charge in [0.25, 0.3) is 0 Å². The number of carbonyl (C=O) groups excluding carboxylic acids is 1. The second-order valence-corrected chi connectivity index (χ2v) is 2.93. The Kier molecular flexibility index (Phi) is 3.49. The number of aromatic carboxylic acids is 1. The third-order valence-corrected chi connectivity index (χ3v) is 1.90. The highest BCUT2D eigenvalue weighted by atomic mass is 19.1. The molecule has 3 nitrogen and oxygen atoms in total. The number of carbonyl (C=O) groups is 2. The molecule has 0 aliphatic heterocycles. The Hall–Kier alpha value is -1.78. The minimum Gasteiger partial charge on any atom is -0.478 e. The first-order chi connectivity index (χ1) is 7.06. The van der Waals surface area contributed by atoms with Gasteiger partial charge in [-0.3, -0.25) is 0 Å². The van der Waals surface area contributed by atoms with Gasteiger partial charge in [0.15, 0.2) is 0 Å². The van der Waals surface area contributed by atoms with Crippen LogP contribution in [0.5, 0.6) is 0 Å². The molecular weight excluding hydrogens is 206 g/mol. The maximum atomic E-state index is 13.1. The fourth-order valence-corrected chi connectivity index (χ4v) is 1.16. The lowest BCUT2D eigenvalue weighted by Gasteiger charge is -2.03. The van der Waals surface area contributed by atoms with Crippen molar-refractivity contribution in [3.05, 3.63) is 34.9 Å². The molecule has 0 aromatic heterocycles. The Bertz CT molecular complexity index is 402. The Labute approximate surface area is 84.3 Å². The highest BCUT2D eigenvalue weighted by Crippen LogP contribution is 2.16. The molecule has 80 valence electrons. The van der Waals surface area contributed by atoms with Gasteiger partial charge in [-0.25, -0.2) is 13.6 Å². The van der Waals surface area contributed by atoms with Gasteiger partial charge < -0.3 is 9.90 Å². The van der Waals surface area contributed by atoms with E-state index in [1.165, 1.54) is 0 Å². The molecule has 1 aromatic rings. The number of rotatable bonds is 4. The van der Waals surface area contributed by atoms with E-state index < -0.39 is 23.2 Å². The quantitative estimate of drug-likeness (QED) is 0.777. The van der Waals surface area contributed by atoms with Gasteiger partial charge >= 0.3 is 5.97 Å². The zero-order valence-electron chi connectivity index (χ0n) is 7.67. The van der Waals surface area contributed by atoms with Crippen LogP contribution in [0.1, 0.15) is 22.3 Å². The lowest BCUT2D eigenvalue weighted by atomic mass is 10.1. The lowest BCUT2D eigenvalue weighted by molar-refractivity contribution is -0.107. The molecular formula is C10H8F2O3. The first kappa shape index (κ1) is 11.3. The molecule has 0 saturated heterocycles. The van der Waals surface area contributed by atoms with Gasteiger partial charge in [-0.1, -0.05) is 0 Å². The number of halogens is 2. The largest absolute Gasteiger partial charge is 0.478 e. The second kappa shape index (κ2) is 4.63. The van der Waals surface area contributed by atoms with Crippen LogP contribution in [0.3, 0.4) is 0 Å². The molecule has 0 atom stereocenters. The SMILES string of the molecule is O=CCCc1cc(C(=O)O)c(F)cc1F. The van der Waals surface area contributed by atoms with Crippen molar-refractivity contribution >= 4 is 12.3 Å². The summed E-state index contributed by atoms with van der Waals surface area (Å²) in [7, 11) is 0. The molecule has 15 heavy (non-hydrogen) atoms. The molecule has 0 aliphatic rings. The van der Waals surface area contributed by atoms with Crippen LogP contribution in [0, 0.1) is 11.6 Å². The summed E-state index contributed by atoms with van der Waals surface area (Å²) in [5.74, 6) is -3.41. The third-order valence-electron chi connectivity index (χ3n) is 1.90. The fraction of sp³-hybridized carbons (Fsp3) is 0.200. The third kappa shape index (κ3) is 2.59. The highest BCUT2D eigenvalue weighted by molar-refractivity contribution is 5.88. The average Bonchev–Trinajstić information content (AvgIpc) is 2.16. The zero-order valence-corrected chi connectivity index (χ0v) is 7.67. The van der Waals surface area contributed by atoms with Crippen molar-refractivity contribution < 1.29 is 23.5 Å². The van der Waals surface area contributed by atoms with Crippen LogP contribution in [0.15, 0.2) is 12.1 Å². The van der Waals surface area contributed by atoms with E-state index in [1.807, 2.05) is 0 Å². The fourth-order valence-electron chi connectivity index (χ4n) is 1.16. The van der Waals surface area contributed by atoms with Gasteiger partial charge in [-0.15, -0.1) is 0 Å². The summed E-state index contributed by atoms with van der Waals surface area (Å²) in [6, 6.07) is 1.43. The molecule has 0 radical (unpaired) electrons. The van der Waals surface area contributed by atoms with Crippen molar-refractivity contribution in [2.24, 2.45) is 0 Å². The number of hydrogen-bond donors (Lipinski definition) is 1. The summed E-state index contributed by atoms with van der Waals surface area (Å²) in [5.41, 5.74) is -0.557. The molecule has 0 bridgehead atoms. The number of benzene rings is 1. The molecule has 0 unspecified atom stereocenters. The number of hydrogen-bond acceptors (Lipinski definition) is 2. The normalized spacial score (nSPS) is 10.0. The predicted molar refractivity (Wildman–Crippen MR) is 47.7 cm³/mol. The number of carboxylic acids is 1. The monoisotopic (exact) mass is 214 g/mol. The average molecular weight is 214 g/mol. The van der Waals surface area contributed by atoms with Crippen molar-refractivity contribution in [2.75, 3.05) is 0 Å². The van der Waals surface area contributed by atoms with Crippen LogP contribution >= 0.6 is 0 Å². The Balaban J connectivity index is 3.11. The van der Waals surface area contributed by atoms with Crippen LogP contribution in [-0.2, 0) is 11.2 Å². The molecule has 0 fully saturated rings. The standard InChI is InChI=1S/C10H8F2O3/c11-8-5-9(12)7(10(14)15)4-6(8)2-1-3-13/h3-5H,1-2H2,(H,14,15). The number of aldehydes is 1. The van der Waals surface area contributed by atoms with E-state index in [1.54, 1.807) is 0 Å². The topological polar surface area (TPSA) is 54.4 Å². The van der Waals surface area contributed by atoms with Gasteiger partial charge in [-0.2, -0.15) is 0 Å². The van der Waals surface area contributed by atoms with E-state index in [9.17, 15) is 18.4 Å². The number of carboxylic acid groups (broad SMARTS) is 1. The molecule has 0 saturated carbocycles. The first-order valence-electron chi connectivity index (χ1n) is 4.21. The van der Waals surface area contributed by atoms with Crippen LogP contribution in [-0.4, -0.2) is 17.4 Å². The van der Waals surface area contributed by atoms with Crippen LogP contribution in [0.4, 0.5) is 8.78 Å². The molecule has 0 spiro atoms.